The van der Waals surface area contributed by atoms with Crippen LogP contribution in [0.3, 0.4) is 0 Å². The average Bonchev–Trinajstić information content (AvgIpc) is 3.57. The van der Waals surface area contributed by atoms with E-state index in [4.69, 9.17) is 10.5 Å². The maximum absolute atomic E-state index is 14.3. The number of urea groups is 1. The maximum Gasteiger partial charge on any atom is 0.323 e. The van der Waals surface area contributed by atoms with E-state index in [0.29, 0.717) is 30.0 Å². The molecule has 9 nitrogen and oxygen atoms in total. The smallest absolute Gasteiger partial charge is 0.323 e. The van der Waals surface area contributed by atoms with E-state index in [0.717, 1.165) is 59.3 Å². The number of unbranched alkanes of at least 4 members (excludes halogenated alkanes) is 1. The number of nitrogens with zero attached hydrogens (tertiary/aromatic N) is 3. The number of benzene rings is 2. The molecular weight excluding hydrogens is 659 g/mol. The molecule has 11 heteroatoms. The van der Waals surface area contributed by atoms with Crippen molar-refractivity contribution in [1.82, 2.24) is 14.5 Å². The third-order valence-corrected chi connectivity index (χ3v) is 8.91. The number of nitrogens with one attached hydrogen (secondary N) is 2. The summed E-state index contributed by atoms with van der Waals surface area (Å²) in [6.45, 7) is 14.8. The monoisotopic (exact) mass is 710 g/mol. The van der Waals surface area contributed by atoms with E-state index in [2.05, 4.69) is 55.1 Å². The number of nitrogen functional groups attached to an aromatic ring is 1. The number of carbonyl (C=O) groups is 1. The number of aryl methyl sites for hydroxylation is 1. The van der Waals surface area contributed by atoms with Crippen molar-refractivity contribution in [1.29, 1.82) is 0 Å². The highest BCUT2D eigenvalue weighted by Gasteiger charge is 2.23. The maximum atomic E-state index is 14.3. The lowest BCUT2D eigenvalue weighted by molar-refractivity contribution is 0.262. The van der Waals surface area contributed by atoms with Crippen molar-refractivity contribution >= 4 is 58.9 Å². The van der Waals surface area contributed by atoms with Gasteiger partial charge < -0.3 is 26.0 Å². The minimum atomic E-state index is -0.489. The molecule has 2 aromatic heterocycles. The number of likely N-dealkylation sites (tertiary alicyclic amines) is 1. The minimum absolute atomic E-state index is 0. The predicted molar refractivity (Wildman–Crippen MR) is 208 cm³/mol. The second kappa shape index (κ2) is 18.3. The molecule has 0 spiro atoms. The van der Waals surface area contributed by atoms with Gasteiger partial charge in [-0.2, -0.15) is 0 Å². The number of amides is 2. The van der Waals surface area contributed by atoms with Crippen LogP contribution in [0.2, 0.25) is 0 Å². The van der Waals surface area contributed by atoms with Crippen LogP contribution in [0.25, 0.3) is 22.2 Å². The van der Waals surface area contributed by atoms with E-state index in [1.54, 1.807) is 10.8 Å². The molecule has 2 aromatic carbocycles. The van der Waals surface area contributed by atoms with Crippen LogP contribution in [-0.4, -0.2) is 46.7 Å². The van der Waals surface area contributed by atoms with Gasteiger partial charge in [-0.3, -0.25) is 9.36 Å². The Kier molecular flexibility index (Phi) is 14.8. The topological polar surface area (TPSA) is 115 Å². The number of hydrogen-bond acceptors (Lipinski definition) is 6. The number of ether oxygens (including phenoxy) is 1. The molecule has 0 unspecified atom stereocenters. The Morgan fingerprint density at radius 2 is 1.59 bits per heavy atom. The van der Waals surface area contributed by atoms with E-state index in [-0.39, 0.29) is 47.9 Å². The van der Waals surface area contributed by atoms with Gasteiger partial charge in [-0.1, -0.05) is 53.2 Å². The van der Waals surface area contributed by atoms with Crippen LogP contribution < -0.4 is 26.7 Å². The summed E-state index contributed by atoms with van der Waals surface area (Å²) in [7, 11) is 0. The van der Waals surface area contributed by atoms with E-state index >= 15 is 0 Å². The Morgan fingerprint density at radius 3 is 2.24 bits per heavy atom. The molecule has 266 valence electrons. The van der Waals surface area contributed by atoms with Crippen molar-refractivity contribution in [3.05, 3.63) is 76.2 Å². The third kappa shape index (κ3) is 9.47. The number of anilines is 3. The van der Waals surface area contributed by atoms with E-state index in [9.17, 15) is 9.59 Å². The molecule has 1 fully saturated rings. The normalized spacial score (nSPS) is 13.0. The number of halogens is 2. The lowest BCUT2D eigenvalue weighted by atomic mass is 9.92. The van der Waals surface area contributed by atoms with Gasteiger partial charge >= 0.3 is 6.03 Å². The fraction of sp³-hybridized carbons (Fsp3) is 0.447. The lowest BCUT2D eigenvalue weighted by Crippen LogP contribution is -2.30. The van der Waals surface area contributed by atoms with Crippen LogP contribution in [0, 0.1) is 0 Å². The second-order valence-electron chi connectivity index (χ2n) is 13.2. The highest BCUT2D eigenvalue weighted by molar-refractivity contribution is 6.08. The average molecular weight is 712 g/mol. The van der Waals surface area contributed by atoms with Crippen molar-refractivity contribution < 1.29 is 9.53 Å². The fourth-order valence-electron chi connectivity index (χ4n) is 6.47. The number of rotatable bonds is 13. The molecule has 3 heterocycles. The molecule has 0 saturated carbocycles. The molecule has 4 aromatic rings. The summed E-state index contributed by atoms with van der Waals surface area (Å²) < 4.78 is 7.87. The summed E-state index contributed by atoms with van der Waals surface area (Å²) in [6, 6.07) is 14.9. The molecule has 4 N–H and O–H groups in total. The Labute approximate surface area is 302 Å². The zero-order chi connectivity index (χ0) is 33.5. The van der Waals surface area contributed by atoms with E-state index in [1.807, 2.05) is 48.5 Å². The van der Waals surface area contributed by atoms with Gasteiger partial charge in [-0.25, -0.2) is 9.78 Å². The first kappa shape index (κ1) is 39.6. The predicted octanol–water partition coefficient (Wildman–Crippen LogP) is 9.04. The standard InChI is InChI=1S/C38H50N6O3.2ClH/c1-6-7-20-44-36-30(15-11-16-40-36)33(27-13-10-14-29(22-27)47-21-12-19-43-17-8-9-18-43)35(37(44)45)42-38(46)41-34-31(25(2)3)23-28(39)24-32(34)26(4)5;;/h10-11,13-16,22-26H,6-9,12,17-21,39H2,1-5H3,(H2,41,42,46);2*1H. The van der Waals surface area contributed by atoms with Crippen molar-refractivity contribution in [2.45, 2.75) is 85.1 Å². The number of aromatic nitrogens is 2. The summed E-state index contributed by atoms with van der Waals surface area (Å²) in [6.07, 6.45) is 6.91. The third-order valence-electron chi connectivity index (χ3n) is 8.91. The highest BCUT2D eigenvalue weighted by atomic mass is 35.5. The first-order valence-electron chi connectivity index (χ1n) is 17.2. The van der Waals surface area contributed by atoms with Gasteiger partial charge in [0.15, 0.2) is 0 Å². The van der Waals surface area contributed by atoms with Crippen LogP contribution in [0.1, 0.15) is 89.7 Å². The molecule has 5 rings (SSSR count). The van der Waals surface area contributed by atoms with Crippen molar-refractivity contribution in [3.8, 4) is 16.9 Å². The van der Waals surface area contributed by atoms with Gasteiger partial charge in [0.2, 0.25) is 0 Å². The molecule has 0 bridgehead atoms. The zero-order valence-corrected chi connectivity index (χ0v) is 31.0. The van der Waals surface area contributed by atoms with Gasteiger partial charge in [0.1, 0.15) is 17.1 Å². The molecule has 0 atom stereocenters. The van der Waals surface area contributed by atoms with Crippen LogP contribution >= 0.6 is 24.8 Å². The van der Waals surface area contributed by atoms with Gasteiger partial charge in [0.25, 0.3) is 5.56 Å². The van der Waals surface area contributed by atoms with Gasteiger partial charge in [-0.15, -0.1) is 24.8 Å². The Hall–Kier alpha value is -3.79. The SMILES string of the molecule is CCCCn1c(=O)c(NC(=O)Nc2c(C(C)C)cc(N)cc2C(C)C)c(-c2cccc(OCCCN3CCCC3)c2)c2cccnc21.Cl.Cl. The highest BCUT2D eigenvalue weighted by Crippen LogP contribution is 2.37. The van der Waals surface area contributed by atoms with Crippen LogP contribution in [0.15, 0.2) is 59.5 Å². The summed E-state index contributed by atoms with van der Waals surface area (Å²) in [5, 5.41) is 6.88. The molecule has 0 aliphatic carbocycles. The van der Waals surface area contributed by atoms with Crippen molar-refractivity contribution in [2.24, 2.45) is 0 Å². The molecule has 49 heavy (non-hydrogen) atoms. The summed E-state index contributed by atoms with van der Waals surface area (Å²) in [5.74, 6) is 0.965. The van der Waals surface area contributed by atoms with Gasteiger partial charge in [0.05, 0.1) is 6.61 Å². The molecule has 0 radical (unpaired) electrons. The first-order chi connectivity index (χ1) is 22.7. The Balaban J connectivity index is 0.00000325. The van der Waals surface area contributed by atoms with E-state index in [1.165, 1.54) is 25.9 Å². The Bertz CT molecular complexity index is 1740. The van der Waals surface area contributed by atoms with Crippen LogP contribution in [-0.2, 0) is 6.54 Å². The number of pyridine rings is 2. The fourth-order valence-corrected chi connectivity index (χ4v) is 6.47. The molecule has 1 aliphatic rings. The number of fused-ring (bicyclic) bond motifs is 1. The molecule has 1 aliphatic heterocycles. The minimum Gasteiger partial charge on any atom is -0.494 e. The Morgan fingerprint density at radius 1 is 0.918 bits per heavy atom. The van der Waals surface area contributed by atoms with Crippen LogP contribution in [0.4, 0.5) is 21.9 Å². The molecule has 1 saturated heterocycles. The quantitative estimate of drug-likeness (QED) is 0.0942. The largest absolute Gasteiger partial charge is 0.494 e. The van der Waals surface area contributed by atoms with Crippen LogP contribution in [0.5, 0.6) is 5.75 Å². The van der Waals surface area contributed by atoms with Crippen molar-refractivity contribution in [3.63, 3.8) is 0 Å². The van der Waals surface area contributed by atoms with Crippen molar-refractivity contribution in [2.75, 3.05) is 42.6 Å². The lowest BCUT2D eigenvalue weighted by Gasteiger charge is -2.22. The number of hydrogen-bond donors (Lipinski definition) is 3. The van der Waals surface area contributed by atoms with E-state index < -0.39 is 6.03 Å². The van der Waals surface area contributed by atoms with Gasteiger partial charge in [0, 0.05) is 41.6 Å². The summed E-state index contributed by atoms with van der Waals surface area (Å²) >= 11 is 0. The second-order valence-corrected chi connectivity index (χ2v) is 13.2. The number of carbonyl (C=O) groups excluding carboxylic acids is 1. The zero-order valence-electron chi connectivity index (χ0n) is 29.4. The molecular formula is C38H52Cl2N6O3. The number of nitrogens with two attached hydrogens (primary N) is 1. The summed E-state index contributed by atoms with van der Waals surface area (Å²) in [4.78, 5) is 35.4. The first-order valence-corrected chi connectivity index (χ1v) is 17.2. The summed E-state index contributed by atoms with van der Waals surface area (Å²) in [5.41, 5.74) is 11.4. The molecule has 2 amide bonds. The van der Waals surface area contributed by atoms with Gasteiger partial charge in [-0.05, 0) is 104 Å².